The zero-order valence-electron chi connectivity index (χ0n) is 10.8. The number of pyridine rings is 1. The smallest absolute Gasteiger partial charge is 0.411 e. The number of nitrogens with zero attached hydrogens (tertiary/aromatic N) is 1. The van der Waals surface area contributed by atoms with Crippen molar-refractivity contribution in [2.45, 2.75) is 6.92 Å². The maximum Gasteiger partial charge on any atom is 0.411 e. The number of ether oxygens (including phenoxy) is 1. The third-order valence-electron chi connectivity index (χ3n) is 2.60. The van der Waals surface area contributed by atoms with Gasteiger partial charge in [0.25, 0.3) is 0 Å². The molecular weight excluding hydrogens is 242 g/mol. The van der Waals surface area contributed by atoms with Gasteiger partial charge in [0.2, 0.25) is 0 Å². The fourth-order valence-corrected chi connectivity index (χ4v) is 1.56. The summed E-state index contributed by atoms with van der Waals surface area (Å²) in [5, 5.41) is 5.75. The molecule has 0 aliphatic rings. The molecular formula is C14H15N3O2. The highest BCUT2D eigenvalue weighted by Gasteiger charge is 2.02. The minimum atomic E-state index is -0.513. The second kappa shape index (κ2) is 5.86. The van der Waals surface area contributed by atoms with Gasteiger partial charge in [0.05, 0.1) is 19.0 Å². The number of aryl methyl sites for hydroxylation is 1. The van der Waals surface area contributed by atoms with Crippen molar-refractivity contribution in [3.63, 3.8) is 0 Å². The molecule has 0 radical (unpaired) electrons. The molecule has 0 saturated carbocycles. The molecule has 1 aromatic heterocycles. The lowest BCUT2D eigenvalue weighted by Gasteiger charge is -2.09. The zero-order valence-corrected chi connectivity index (χ0v) is 10.8. The summed E-state index contributed by atoms with van der Waals surface area (Å²) in [5.41, 5.74) is 2.73. The molecule has 2 aromatic rings. The first-order valence-corrected chi connectivity index (χ1v) is 5.83. The summed E-state index contributed by atoms with van der Waals surface area (Å²) in [6.45, 7) is 2.02. The standard InChI is InChI=1S/C14H15N3O2/c1-10-5-3-4-6-12(10)17-13-8-7-11(9-15-13)16-14(18)19-2/h3-9H,1-2H3,(H,15,17)(H,16,18). The summed E-state index contributed by atoms with van der Waals surface area (Å²) in [6.07, 6.45) is 1.05. The van der Waals surface area contributed by atoms with Gasteiger partial charge in [0.15, 0.2) is 0 Å². The minimum Gasteiger partial charge on any atom is -0.453 e. The monoisotopic (exact) mass is 257 g/mol. The highest BCUT2D eigenvalue weighted by molar-refractivity contribution is 5.84. The van der Waals surface area contributed by atoms with Gasteiger partial charge in [-0.1, -0.05) is 18.2 Å². The molecule has 0 bridgehead atoms. The predicted octanol–water partition coefficient (Wildman–Crippen LogP) is 3.31. The van der Waals surface area contributed by atoms with Crippen molar-refractivity contribution in [1.29, 1.82) is 0 Å². The maximum absolute atomic E-state index is 11.0. The Kier molecular flexibility index (Phi) is 3.97. The van der Waals surface area contributed by atoms with E-state index in [0.717, 1.165) is 11.3 Å². The van der Waals surface area contributed by atoms with Gasteiger partial charge >= 0.3 is 6.09 Å². The molecule has 0 aliphatic carbocycles. The Morgan fingerprint density at radius 1 is 1.21 bits per heavy atom. The molecule has 5 nitrogen and oxygen atoms in total. The fourth-order valence-electron chi connectivity index (χ4n) is 1.56. The number of methoxy groups -OCH3 is 1. The van der Waals surface area contributed by atoms with E-state index >= 15 is 0 Å². The Balaban J connectivity index is 2.07. The number of carbonyl (C=O) groups excluding carboxylic acids is 1. The van der Waals surface area contributed by atoms with Crippen molar-refractivity contribution < 1.29 is 9.53 Å². The summed E-state index contributed by atoms with van der Waals surface area (Å²) in [5.74, 6) is 0.713. The number of anilines is 3. The van der Waals surface area contributed by atoms with Crippen LogP contribution in [0.2, 0.25) is 0 Å². The average molecular weight is 257 g/mol. The Morgan fingerprint density at radius 2 is 2.00 bits per heavy atom. The van der Waals surface area contributed by atoms with E-state index in [1.165, 1.54) is 7.11 Å². The van der Waals surface area contributed by atoms with E-state index < -0.39 is 6.09 Å². The minimum absolute atomic E-state index is 0.513. The molecule has 0 saturated heterocycles. The molecule has 1 heterocycles. The SMILES string of the molecule is COC(=O)Nc1ccc(Nc2ccccc2C)nc1. The number of carbonyl (C=O) groups is 1. The maximum atomic E-state index is 11.0. The van der Waals surface area contributed by atoms with Crippen LogP contribution in [0.25, 0.3) is 0 Å². The molecule has 98 valence electrons. The number of amides is 1. The summed E-state index contributed by atoms with van der Waals surface area (Å²) < 4.78 is 4.50. The van der Waals surface area contributed by atoms with Crippen LogP contribution >= 0.6 is 0 Å². The quantitative estimate of drug-likeness (QED) is 0.885. The molecule has 19 heavy (non-hydrogen) atoms. The van der Waals surface area contributed by atoms with E-state index in [4.69, 9.17) is 0 Å². The Morgan fingerprint density at radius 3 is 2.63 bits per heavy atom. The molecule has 1 aromatic carbocycles. The average Bonchev–Trinajstić information content (AvgIpc) is 2.43. The number of benzene rings is 1. The number of aromatic nitrogens is 1. The van der Waals surface area contributed by atoms with E-state index in [9.17, 15) is 4.79 Å². The molecule has 0 aliphatic heterocycles. The van der Waals surface area contributed by atoms with Crippen molar-refractivity contribution in [1.82, 2.24) is 4.98 Å². The van der Waals surface area contributed by atoms with Crippen LogP contribution in [0.1, 0.15) is 5.56 Å². The van der Waals surface area contributed by atoms with E-state index in [2.05, 4.69) is 20.4 Å². The molecule has 5 heteroatoms. The van der Waals surface area contributed by atoms with Crippen LogP contribution in [0.3, 0.4) is 0 Å². The summed E-state index contributed by atoms with van der Waals surface area (Å²) in [6, 6.07) is 11.5. The normalized spacial score (nSPS) is 9.79. The second-order valence-electron chi connectivity index (χ2n) is 3.99. The molecule has 0 fully saturated rings. The summed E-state index contributed by atoms with van der Waals surface area (Å²) >= 11 is 0. The van der Waals surface area contributed by atoms with E-state index in [1.807, 2.05) is 31.2 Å². The van der Waals surface area contributed by atoms with Crippen molar-refractivity contribution in [3.05, 3.63) is 48.2 Å². The number of nitrogens with one attached hydrogen (secondary N) is 2. The van der Waals surface area contributed by atoms with E-state index in [0.29, 0.717) is 11.5 Å². The van der Waals surface area contributed by atoms with Gasteiger partial charge in [0, 0.05) is 5.69 Å². The van der Waals surface area contributed by atoms with Gasteiger partial charge in [-0.25, -0.2) is 9.78 Å². The summed E-state index contributed by atoms with van der Waals surface area (Å²) in [7, 11) is 1.32. The van der Waals surface area contributed by atoms with Crippen molar-refractivity contribution in [3.8, 4) is 0 Å². The first-order chi connectivity index (χ1) is 9.19. The van der Waals surface area contributed by atoms with Crippen LogP contribution in [0.4, 0.5) is 22.0 Å². The van der Waals surface area contributed by atoms with Gasteiger partial charge in [0.1, 0.15) is 5.82 Å². The lowest BCUT2D eigenvalue weighted by molar-refractivity contribution is 0.187. The Bertz CT molecular complexity index is 567. The third-order valence-corrected chi connectivity index (χ3v) is 2.60. The van der Waals surface area contributed by atoms with Crippen LogP contribution in [-0.2, 0) is 4.74 Å². The summed E-state index contributed by atoms with van der Waals surface area (Å²) in [4.78, 5) is 15.2. The van der Waals surface area contributed by atoms with Gasteiger partial charge in [-0.3, -0.25) is 5.32 Å². The predicted molar refractivity (Wildman–Crippen MR) is 74.7 cm³/mol. The van der Waals surface area contributed by atoms with E-state index in [-0.39, 0.29) is 0 Å². The Labute approximate surface area is 111 Å². The van der Waals surface area contributed by atoms with E-state index in [1.54, 1.807) is 18.3 Å². The lowest BCUT2D eigenvalue weighted by atomic mass is 10.2. The fraction of sp³-hybridized carbons (Fsp3) is 0.143. The second-order valence-corrected chi connectivity index (χ2v) is 3.99. The highest BCUT2D eigenvalue weighted by atomic mass is 16.5. The Hall–Kier alpha value is -2.56. The first kappa shape index (κ1) is 12.9. The van der Waals surface area contributed by atoms with Crippen LogP contribution in [0.15, 0.2) is 42.6 Å². The molecule has 2 N–H and O–H groups in total. The van der Waals surface area contributed by atoms with Crippen LogP contribution in [-0.4, -0.2) is 18.2 Å². The highest BCUT2D eigenvalue weighted by Crippen LogP contribution is 2.19. The third kappa shape index (κ3) is 3.45. The van der Waals surface area contributed by atoms with Crippen LogP contribution < -0.4 is 10.6 Å². The topological polar surface area (TPSA) is 63.2 Å². The molecule has 0 atom stereocenters. The van der Waals surface area contributed by atoms with Gasteiger partial charge in [-0.05, 0) is 30.7 Å². The molecule has 0 spiro atoms. The van der Waals surface area contributed by atoms with Crippen LogP contribution in [0.5, 0.6) is 0 Å². The molecule has 2 rings (SSSR count). The van der Waals surface area contributed by atoms with Gasteiger partial charge in [-0.15, -0.1) is 0 Å². The number of hydrogen-bond donors (Lipinski definition) is 2. The number of para-hydroxylation sites is 1. The first-order valence-electron chi connectivity index (χ1n) is 5.83. The van der Waals surface area contributed by atoms with Crippen LogP contribution in [0, 0.1) is 6.92 Å². The largest absolute Gasteiger partial charge is 0.453 e. The van der Waals surface area contributed by atoms with Crippen molar-refractivity contribution in [2.75, 3.05) is 17.7 Å². The number of hydrogen-bond acceptors (Lipinski definition) is 4. The number of rotatable bonds is 3. The lowest BCUT2D eigenvalue weighted by Crippen LogP contribution is -2.11. The van der Waals surface area contributed by atoms with Crippen molar-refractivity contribution >= 4 is 23.3 Å². The molecule has 1 amide bonds. The van der Waals surface area contributed by atoms with Gasteiger partial charge in [-0.2, -0.15) is 0 Å². The molecule has 0 unspecified atom stereocenters. The zero-order chi connectivity index (χ0) is 13.7. The van der Waals surface area contributed by atoms with Crippen molar-refractivity contribution in [2.24, 2.45) is 0 Å². The van der Waals surface area contributed by atoms with Gasteiger partial charge < -0.3 is 10.1 Å².